The van der Waals surface area contributed by atoms with E-state index in [1.54, 1.807) is 23.7 Å². The first-order valence-corrected chi connectivity index (χ1v) is 15.3. The topological polar surface area (TPSA) is 109 Å². The van der Waals surface area contributed by atoms with Gasteiger partial charge < -0.3 is 14.7 Å². The van der Waals surface area contributed by atoms with Gasteiger partial charge in [0.05, 0.1) is 33.4 Å². The van der Waals surface area contributed by atoms with E-state index in [0.717, 1.165) is 47.3 Å². The van der Waals surface area contributed by atoms with Crippen LogP contribution in [0.5, 0.6) is 5.19 Å². The van der Waals surface area contributed by atoms with E-state index in [1.165, 1.54) is 4.31 Å². The van der Waals surface area contributed by atoms with Crippen LogP contribution < -0.4 is 9.64 Å². The molecule has 1 N–H and O–H groups in total. The lowest BCUT2D eigenvalue weighted by atomic mass is 10.0. The van der Waals surface area contributed by atoms with Crippen LogP contribution in [0.15, 0.2) is 36.7 Å². The van der Waals surface area contributed by atoms with Crippen molar-refractivity contribution in [3.63, 3.8) is 0 Å². The van der Waals surface area contributed by atoms with E-state index in [0.29, 0.717) is 48.5 Å². The van der Waals surface area contributed by atoms with E-state index in [2.05, 4.69) is 25.9 Å². The Morgan fingerprint density at radius 3 is 2.62 bits per heavy atom. The molecule has 4 heterocycles. The smallest absolute Gasteiger partial charge is 0.274 e. The van der Waals surface area contributed by atoms with Crippen LogP contribution in [0.1, 0.15) is 37.7 Å². The number of anilines is 1. The Hall–Kier alpha value is -2.31. The van der Waals surface area contributed by atoms with Gasteiger partial charge in [0, 0.05) is 45.6 Å². The number of sulfonamides is 1. The number of unbranched alkanes of at least 4 members (excludes halogenated alkanes) is 1. The van der Waals surface area contributed by atoms with Crippen molar-refractivity contribution >= 4 is 54.7 Å². The van der Waals surface area contributed by atoms with Gasteiger partial charge in [-0.1, -0.05) is 35.1 Å². The molecule has 0 bridgehead atoms. The molecule has 2 aliphatic heterocycles. The Kier molecular flexibility index (Phi) is 8.25. The maximum Gasteiger partial charge on any atom is 0.274 e. The van der Waals surface area contributed by atoms with Gasteiger partial charge in [-0.2, -0.15) is 4.31 Å². The number of aromatic nitrogens is 3. The molecule has 3 aromatic rings. The molecule has 12 heteroatoms. The number of ether oxygens (including phenoxy) is 1. The average molecular weight is 564 g/mol. The minimum Gasteiger partial charge on any atom is -0.467 e. The highest BCUT2D eigenvalue weighted by Gasteiger charge is 2.25. The van der Waals surface area contributed by atoms with Crippen molar-refractivity contribution in [3.8, 4) is 5.19 Å². The number of fused-ring (bicyclic) bond motifs is 1. The van der Waals surface area contributed by atoms with Crippen molar-refractivity contribution in [3.05, 3.63) is 47.3 Å². The fraction of sp³-hybridized carbons (Fsp3) is 0.480. The van der Waals surface area contributed by atoms with E-state index < -0.39 is 10.0 Å². The molecule has 5 rings (SSSR count). The molecule has 0 atom stereocenters. The molecule has 9 nitrogen and oxygen atoms in total. The van der Waals surface area contributed by atoms with Crippen LogP contribution in [-0.4, -0.2) is 77.4 Å². The summed E-state index contributed by atoms with van der Waals surface area (Å²) in [6, 6.07) is 6.18. The first kappa shape index (κ1) is 26.3. The lowest BCUT2D eigenvalue weighted by Crippen LogP contribution is -2.39. The van der Waals surface area contributed by atoms with Crippen LogP contribution >= 0.6 is 22.9 Å². The van der Waals surface area contributed by atoms with Gasteiger partial charge in [-0.05, 0) is 42.5 Å². The Morgan fingerprint density at radius 2 is 1.92 bits per heavy atom. The molecule has 37 heavy (non-hydrogen) atoms. The zero-order chi connectivity index (χ0) is 25.8. The van der Waals surface area contributed by atoms with Crippen LogP contribution in [0, 0.1) is 0 Å². The molecule has 0 unspecified atom stereocenters. The van der Waals surface area contributed by atoms with E-state index in [1.807, 2.05) is 18.2 Å². The zero-order valence-corrected chi connectivity index (χ0v) is 22.8. The molecule has 1 aromatic carbocycles. The number of nitrogens with zero attached hydrogens (tertiary/aromatic N) is 5. The van der Waals surface area contributed by atoms with Crippen molar-refractivity contribution in [2.45, 2.75) is 38.2 Å². The summed E-state index contributed by atoms with van der Waals surface area (Å²) < 4.78 is 33.9. The van der Waals surface area contributed by atoms with Crippen molar-refractivity contribution in [1.82, 2.24) is 19.3 Å². The molecule has 1 saturated heterocycles. The largest absolute Gasteiger partial charge is 0.467 e. The molecule has 198 valence electrons. The summed E-state index contributed by atoms with van der Waals surface area (Å²) in [6.45, 7) is 2.49. The highest BCUT2D eigenvalue weighted by atomic mass is 35.5. The highest BCUT2D eigenvalue weighted by molar-refractivity contribution is 7.89. The number of hydrogen-bond donors (Lipinski definition) is 1. The molecule has 1 fully saturated rings. The average Bonchev–Trinajstić information content (AvgIpc) is 3.31. The molecule has 0 saturated carbocycles. The number of aliphatic hydroxyl groups is 1. The minimum atomic E-state index is -3.29. The number of aliphatic hydroxyl groups excluding tert-OH is 1. The highest BCUT2D eigenvalue weighted by Crippen LogP contribution is 2.33. The van der Waals surface area contributed by atoms with Gasteiger partial charge >= 0.3 is 0 Å². The summed E-state index contributed by atoms with van der Waals surface area (Å²) in [5.74, 6) is 0.773. The minimum absolute atomic E-state index is 0.0192. The van der Waals surface area contributed by atoms with Crippen molar-refractivity contribution in [1.29, 1.82) is 0 Å². The second kappa shape index (κ2) is 11.6. The maximum atomic E-state index is 12.5. The number of hydrogen-bond acceptors (Lipinski definition) is 9. The van der Waals surface area contributed by atoms with Gasteiger partial charge in [-0.25, -0.2) is 23.4 Å². The van der Waals surface area contributed by atoms with E-state index >= 15 is 0 Å². The first-order valence-electron chi connectivity index (χ1n) is 12.5. The van der Waals surface area contributed by atoms with Gasteiger partial charge in [0.15, 0.2) is 0 Å². The summed E-state index contributed by atoms with van der Waals surface area (Å²) >= 11 is 7.43. The standard InChI is InChI=1S/C25H30ClN5O4S2/c26-20-16-27-24(28-17-20)30-9-7-21(8-10-30)35-25-29-22-4-3-19(15-23(22)36-25)18-5-11-31(12-6-18)37(33,34)14-2-1-13-32/h3-5,15-17,21,32H,1-2,6-14H2. The summed E-state index contributed by atoms with van der Waals surface area (Å²) in [5.41, 5.74) is 3.15. The van der Waals surface area contributed by atoms with Gasteiger partial charge in [-0.15, -0.1) is 0 Å². The summed E-state index contributed by atoms with van der Waals surface area (Å²) in [5, 5.41) is 10.1. The van der Waals surface area contributed by atoms with Crippen LogP contribution in [0.2, 0.25) is 5.02 Å². The maximum absolute atomic E-state index is 12.5. The zero-order valence-electron chi connectivity index (χ0n) is 20.4. The normalized spacial score (nSPS) is 17.8. The van der Waals surface area contributed by atoms with Crippen molar-refractivity contribution in [2.24, 2.45) is 0 Å². The monoisotopic (exact) mass is 563 g/mol. The third kappa shape index (κ3) is 6.40. The Morgan fingerprint density at radius 1 is 1.14 bits per heavy atom. The quantitative estimate of drug-likeness (QED) is 0.389. The number of halogens is 1. The predicted octanol–water partition coefficient (Wildman–Crippen LogP) is 3.98. The van der Waals surface area contributed by atoms with Crippen LogP contribution in [0.3, 0.4) is 0 Å². The summed E-state index contributed by atoms with van der Waals surface area (Å²) in [7, 11) is -3.29. The molecule has 0 radical (unpaired) electrons. The van der Waals surface area contributed by atoms with E-state index in [-0.39, 0.29) is 18.5 Å². The molecule has 0 amide bonds. The van der Waals surface area contributed by atoms with Gasteiger partial charge in [-0.3, -0.25) is 0 Å². The van der Waals surface area contributed by atoms with Crippen LogP contribution in [0.4, 0.5) is 5.95 Å². The van der Waals surface area contributed by atoms with Crippen molar-refractivity contribution in [2.75, 3.05) is 43.4 Å². The number of benzene rings is 1. The van der Waals surface area contributed by atoms with Gasteiger partial charge in [0.2, 0.25) is 16.0 Å². The Balaban J connectivity index is 1.18. The molecular weight excluding hydrogens is 534 g/mol. The third-order valence-electron chi connectivity index (χ3n) is 6.71. The second-order valence-corrected chi connectivity index (χ2v) is 12.8. The SMILES string of the molecule is O=S(=O)(CCCCO)N1CC=C(c2ccc3nc(OC4CCN(c5ncc(Cl)cn5)CC4)sc3c2)CC1. The lowest BCUT2D eigenvalue weighted by molar-refractivity contribution is 0.170. The predicted molar refractivity (Wildman–Crippen MR) is 147 cm³/mol. The van der Waals surface area contributed by atoms with Crippen LogP contribution in [0.25, 0.3) is 15.8 Å². The summed E-state index contributed by atoms with van der Waals surface area (Å²) in [6.07, 6.45) is 8.71. The molecular formula is C25H30ClN5O4S2. The number of piperidine rings is 1. The lowest BCUT2D eigenvalue weighted by Gasteiger charge is -2.31. The van der Waals surface area contributed by atoms with Gasteiger partial charge in [0.1, 0.15) is 6.10 Å². The fourth-order valence-corrected chi connectivity index (χ4v) is 7.15. The number of thiazole rings is 1. The van der Waals surface area contributed by atoms with Crippen molar-refractivity contribution < 1.29 is 18.3 Å². The molecule has 0 aliphatic carbocycles. The Bertz CT molecular complexity index is 1360. The first-order chi connectivity index (χ1) is 17.9. The molecule has 2 aromatic heterocycles. The second-order valence-electron chi connectivity index (χ2n) is 9.25. The fourth-order valence-electron chi connectivity index (χ4n) is 4.63. The summed E-state index contributed by atoms with van der Waals surface area (Å²) in [4.78, 5) is 15.4. The van der Waals surface area contributed by atoms with E-state index in [9.17, 15) is 8.42 Å². The molecule has 2 aliphatic rings. The van der Waals surface area contributed by atoms with Crippen LogP contribution in [-0.2, 0) is 10.0 Å². The third-order valence-corrected chi connectivity index (χ3v) is 9.74. The Labute approximate surface area is 225 Å². The number of rotatable bonds is 9. The van der Waals surface area contributed by atoms with E-state index in [4.69, 9.17) is 21.4 Å². The molecule has 0 spiro atoms. The van der Waals surface area contributed by atoms with Gasteiger partial charge in [0.25, 0.3) is 5.19 Å².